The fraction of sp³-hybridized carbons (Fsp3) is 0.750. The molecule has 0 aromatic rings. The van der Waals surface area contributed by atoms with Crippen molar-refractivity contribution in [3.8, 4) is 0 Å². The Morgan fingerprint density at radius 3 is 2.28 bits per heavy atom. The summed E-state index contributed by atoms with van der Waals surface area (Å²) >= 11 is 0. The Bertz CT molecular complexity index is 372. The highest BCUT2D eigenvalue weighted by Crippen LogP contribution is 2.44. The van der Waals surface area contributed by atoms with Crippen molar-refractivity contribution in [3.05, 3.63) is 0 Å². The SMILES string of the molecule is CCC1CC2C(=O)N(CC(O)C(N)=O)C(=O)C2C1. The third-order valence-electron chi connectivity index (χ3n) is 4.09. The average Bonchev–Trinajstić information content (AvgIpc) is 2.84. The zero-order valence-electron chi connectivity index (χ0n) is 10.3. The molecule has 18 heavy (non-hydrogen) atoms. The van der Waals surface area contributed by atoms with Crippen LogP contribution < -0.4 is 5.73 Å². The van der Waals surface area contributed by atoms with E-state index in [1.807, 2.05) is 0 Å². The van der Waals surface area contributed by atoms with Gasteiger partial charge in [-0.25, -0.2) is 0 Å². The molecule has 3 amide bonds. The van der Waals surface area contributed by atoms with Crippen LogP contribution in [0.15, 0.2) is 0 Å². The van der Waals surface area contributed by atoms with Crippen molar-refractivity contribution >= 4 is 17.7 Å². The molecule has 1 aliphatic carbocycles. The Morgan fingerprint density at radius 2 is 1.89 bits per heavy atom. The molecule has 1 saturated carbocycles. The van der Waals surface area contributed by atoms with Crippen LogP contribution in [0.5, 0.6) is 0 Å². The van der Waals surface area contributed by atoms with E-state index in [0.29, 0.717) is 5.92 Å². The standard InChI is InChI=1S/C12H18N2O4/c1-2-6-3-7-8(4-6)12(18)14(11(7)17)5-9(15)10(13)16/h6-9,15H,2-5H2,1H3,(H2,13,16). The first-order chi connectivity index (χ1) is 8.45. The van der Waals surface area contributed by atoms with Gasteiger partial charge in [-0.2, -0.15) is 0 Å². The van der Waals surface area contributed by atoms with E-state index >= 15 is 0 Å². The molecule has 6 heteroatoms. The van der Waals surface area contributed by atoms with E-state index in [0.717, 1.165) is 24.2 Å². The predicted molar refractivity (Wildman–Crippen MR) is 61.9 cm³/mol. The quantitative estimate of drug-likeness (QED) is 0.645. The van der Waals surface area contributed by atoms with E-state index < -0.39 is 12.0 Å². The fourth-order valence-corrected chi connectivity index (χ4v) is 2.97. The molecule has 0 aromatic carbocycles. The average molecular weight is 254 g/mol. The van der Waals surface area contributed by atoms with Crippen LogP contribution in [-0.2, 0) is 14.4 Å². The second kappa shape index (κ2) is 4.68. The number of likely N-dealkylation sites (tertiary alicyclic amines) is 1. The normalized spacial score (nSPS) is 32.8. The van der Waals surface area contributed by atoms with Gasteiger partial charge in [0, 0.05) is 0 Å². The number of hydrogen-bond acceptors (Lipinski definition) is 4. The van der Waals surface area contributed by atoms with Gasteiger partial charge in [0.25, 0.3) is 0 Å². The van der Waals surface area contributed by atoms with Crippen LogP contribution in [-0.4, -0.2) is 40.4 Å². The molecule has 3 unspecified atom stereocenters. The zero-order chi connectivity index (χ0) is 13.4. The lowest BCUT2D eigenvalue weighted by atomic mass is 10.00. The molecular weight excluding hydrogens is 236 g/mol. The highest BCUT2D eigenvalue weighted by atomic mass is 16.3. The third-order valence-corrected chi connectivity index (χ3v) is 4.09. The maximum Gasteiger partial charge on any atom is 0.248 e. The van der Waals surface area contributed by atoms with Crippen molar-refractivity contribution in [1.29, 1.82) is 0 Å². The van der Waals surface area contributed by atoms with Gasteiger partial charge in [0.05, 0.1) is 18.4 Å². The molecular formula is C12H18N2O4. The van der Waals surface area contributed by atoms with Crippen molar-refractivity contribution in [1.82, 2.24) is 4.90 Å². The maximum atomic E-state index is 12.1. The molecule has 0 aromatic heterocycles. The van der Waals surface area contributed by atoms with E-state index in [9.17, 15) is 19.5 Å². The van der Waals surface area contributed by atoms with Crippen molar-refractivity contribution < 1.29 is 19.5 Å². The predicted octanol–water partition coefficient (Wildman–Crippen LogP) is -0.746. The lowest BCUT2D eigenvalue weighted by Crippen LogP contribution is -2.43. The first-order valence-electron chi connectivity index (χ1n) is 6.28. The van der Waals surface area contributed by atoms with E-state index in [-0.39, 0.29) is 30.2 Å². The highest BCUT2D eigenvalue weighted by molar-refractivity contribution is 6.05. The van der Waals surface area contributed by atoms with Crippen molar-refractivity contribution in [2.75, 3.05) is 6.54 Å². The largest absolute Gasteiger partial charge is 0.381 e. The van der Waals surface area contributed by atoms with Crippen LogP contribution in [0, 0.1) is 17.8 Å². The topological polar surface area (TPSA) is 101 Å². The number of imide groups is 1. The van der Waals surface area contributed by atoms with Gasteiger partial charge in [0.2, 0.25) is 17.7 Å². The summed E-state index contributed by atoms with van der Waals surface area (Å²) in [6, 6.07) is 0. The fourth-order valence-electron chi connectivity index (χ4n) is 2.97. The molecule has 2 fully saturated rings. The Morgan fingerprint density at radius 1 is 1.39 bits per heavy atom. The second-order valence-corrected chi connectivity index (χ2v) is 5.16. The van der Waals surface area contributed by atoms with Gasteiger partial charge in [0.1, 0.15) is 0 Å². The Kier molecular flexibility index (Phi) is 3.38. The summed E-state index contributed by atoms with van der Waals surface area (Å²) in [5.41, 5.74) is 4.93. The summed E-state index contributed by atoms with van der Waals surface area (Å²) in [5, 5.41) is 9.36. The summed E-state index contributed by atoms with van der Waals surface area (Å²) in [6.45, 7) is 1.74. The molecule has 3 N–H and O–H groups in total. The zero-order valence-corrected chi connectivity index (χ0v) is 10.3. The number of fused-ring (bicyclic) bond motifs is 1. The molecule has 1 heterocycles. The van der Waals surface area contributed by atoms with Crippen LogP contribution in [0.4, 0.5) is 0 Å². The van der Waals surface area contributed by atoms with E-state index in [2.05, 4.69) is 6.92 Å². The molecule has 3 atom stereocenters. The van der Waals surface area contributed by atoms with Gasteiger partial charge in [-0.1, -0.05) is 13.3 Å². The summed E-state index contributed by atoms with van der Waals surface area (Å²) in [6.07, 6.45) is 0.958. The number of nitrogens with zero attached hydrogens (tertiary/aromatic N) is 1. The maximum absolute atomic E-state index is 12.1. The molecule has 0 radical (unpaired) electrons. The number of amides is 3. The van der Waals surface area contributed by atoms with Crippen LogP contribution in [0.25, 0.3) is 0 Å². The summed E-state index contributed by atoms with van der Waals surface area (Å²) in [7, 11) is 0. The minimum Gasteiger partial charge on any atom is -0.381 e. The molecule has 2 rings (SSSR count). The molecule has 1 aliphatic heterocycles. The first-order valence-corrected chi connectivity index (χ1v) is 6.28. The molecule has 6 nitrogen and oxygen atoms in total. The second-order valence-electron chi connectivity index (χ2n) is 5.16. The smallest absolute Gasteiger partial charge is 0.248 e. The number of rotatable bonds is 4. The third kappa shape index (κ3) is 2.01. The number of nitrogens with two attached hydrogens (primary N) is 1. The van der Waals surface area contributed by atoms with Crippen LogP contribution in [0.1, 0.15) is 26.2 Å². The number of aliphatic hydroxyl groups is 1. The van der Waals surface area contributed by atoms with E-state index in [4.69, 9.17) is 5.73 Å². The molecule has 1 saturated heterocycles. The minimum absolute atomic E-state index is 0.262. The molecule has 100 valence electrons. The number of primary amides is 1. The Hall–Kier alpha value is -1.43. The van der Waals surface area contributed by atoms with Gasteiger partial charge >= 0.3 is 0 Å². The highest BCUT2D eigenvalue weighted by Gasteiger charge is 2.52. The molecule has 2 aliphatic rings. The lowest BCUT2D eigenvalue weighted by molar-refractivity contribution is -0.143. The van der Waals surface area contributed by atoms with Gasteiger partial charge in [0.15, 0.2) is 6.10 Å². The van der Waals surface area contributed by atoms with Crippen molar-refractivity contribution in [2.45, 2.75) is 32.3 Å². The van der Waals surface area contributed by atoms with E-state index in [1.165, 1.54) is 0 Å². The Labute approximate surface area is 105 Å². The number of hydrogen-bond donors (Lipinski definition) is 2. The van der Waals surface area contributed by atoms with Crippen molar-refractivity contribution in [2.24, 2.45) is 23.5 Å². The Balaban J connectivity index is 2.07. The molecule has 0 spiro atoms. The number of carbonyl (C=O) groups excluding carboxylic acids is 3. The van der Waals surface area contributed by atoms with Crippen LogP contribution in [0.2, 0.25) is 0 Å². The first kappa shape index (κ1) is 13.0. The van der Waals surface area contributed by atoms with Gasteiger partial charge in [-0.3, -0.25) is 19.3 Å². The summed E-state index contributed by atoms with van der Waals surface area (Å²) < 4.78 is 0. The molecule has 0 bridgehead atoms. The van der Waals surface area contributed by atoms with Crippen molar-refractivity contribution in [3.63, 3.8) is 0 Å². The lowest BCUT2D eigenvalue weighted by Gasteiger charge is -2.19. The van der Waals surface area contributed by atoms with Gasteiger partial charge < -0.3 is 10.8 Å². The summed E-state index contributed by atoms with van der Waals surface area (Å²) in [5.74, 6) is -1.54. The van der Waals surface area contributed by atoms with Gasteiger partial charge in [-0.05, 0) is 18.8 Å². The summed E-state index contributed by atoms with van der Waals surface area (Å²) in [4.78, 5) is 35.9. The van der Waals surface area contributed by atoms with Gasteiger partial charge in [-0.15, -0.1) is 0 Å². The minimum atomic E-state index is -1.47. The monoisotopic (exact) mass is 254 g/mol. The van der Waals surface area contributed by atoms with E-state index in [1.54, 1.807) is 0 Å². The van der Waals surface area contributed by atoms with Crippen LogP contribution >= 0.6 is 0 Å². The number of β-amino-alcohol motifs (C(OH)–C–C–N with tert-alkyl or cyclic N) is 1. The van der Waals surface area contributed by atoms with Crippen LogP contribution in [0.3, 0.4) is 0 Å². The number of aliphatic hydroxyl groups excluding tert-OH is 1. The number of carbonyl (C=O) groups is 3.